The number of carbonyl (C=O) groups is 1. The summed E-state index contributed by atoms with van der Waals surface area (Å²) in [6, 6.07) is 2.60. The fourth-order valence-corrected chi connectivity index (χ4v) is 2.68. The first-order chi connectivity index (χ1) is 8.54. The average molecular weight is 290 g/mol. The van der Waals surface area contributed by atoms with E-state index in [9.17, 15) is 9.90 Å². The van der Waals surface area contributed by atoms with Crippen LogP contribution in [0.1, 0.15) is 24.4 Å². The van der Waals surface area contributed by atoms with Gasteiger partial charge in [-0.15, -0.1) is 0 Å². The van der Waals surface area contributed by atoms with Gasteiger partial charge in [-0.1, -0.05) is 23.2 Å². The van der Waals surface area contributed by atoms with Crippen molar-refractivity contribution in [3.8, 4) is 5.75 Å². The highest BCUT2D eigenvalue weighted by molar-refractivity contribution is 6.42. The van der Waals surface area contributed by atoms with Crippen molar-refractivity contribution in [1.82, 2.24) is 5.32 Å². The van der Waals surface area contributed by atoms with Crippen molar-refractivity contribution < 1.29 is 15.0 Å². The fourth-order valence-electron chi connectivity index (χ4n) is 2.22. The Hall–Kier alpha value is -0.970. The third-order valence-electron chi connectivity index (χ3n) is 3.14. The molecule has 2 rings (SSSR count). The lowest BCUT2D eigenvalue weighted by molar-refractivity contribution is -0.123. The minimum atomic E-state index is -0.361. The molecule has 1 saturated heterocycles. The number of benzene rings is 1. The molecule has 0 radical (unpaired) electrons. The Morgan fingerprint density at radius 1 is 1.39 bits per heavy atom. The molecule has 0 aliphatic carbocycles. The number of phenolic OH excluding ortho intramolecular Hbond substituents is 1. The normalized spacial score (nSPS) is 23.2. The molecule has 0 saturated carbocycles. The SMILES string of the molecule is O=C1NC(c2c(O)ccc(Cl)c2Cl)CC1CCO. The van der Waals surface area contributed by atoms with E-state index in [4.69, 9.17) is 28.3 Å². The summed E-state index contributed by atoms with van der Waals surface area (Å²) in [5.74, 6) is -0.377. The summed E-state index contributed by atoms with van der Waals surface area (Å²) in [5.41, 5.74) is 0.443. The molecule has 3 N–H and O–H groups in total. The molecule has 1 heterocycles. The van der Waals surface area contributed by atoms with Crippen molar-refractivity contribution in [2.75, 3.05) is 6.61 Å². The molecule has 0 spiro atoms. The van der Waals surface area contributed by atoms with Gasteiger partial charge in [0.15, 0.2) is 0 Å². The molecule has 1 aliphatic heterocycles. The number of hydrogen-bond donors (Lipinski definition) is 3. The highest BCUT2D eigenvalue weighted by atomic mass is 35.5. The molecule has 1 aliphatic rings. The molecule has 0 bridgehead atoms. The fraction of sp³-hybridized carbons (Fsp3) is 0.417. The second-order valence-corrected chi connectivity index (χ2v) is 5.09. The van der Waals surface area contributed by atoms with Crippen molar-refractivity contribution in [1.29, 1.82) is 0 Å². The van der Waals surface area contributed by atoms with Crippen LogP contribution in [0.25, 0.3) is 0 Å². The van der Waals surface area contributed by atoms with Crippen LogP contribution in [-0.2, 0) is 4.79 Å². The Morgan fingerprint density at radius 2 is 2.11 bits per heavy atom. The molecule has 1 aromatic carbocycles. The maximum absolute atomic E-state index is 11.7. The van der Waals surface area contributed by atoms with Gasteiger partial charge in [-0.3, -0.25) is 4.79 Å². The summed E-state index contributed by atoms with van der Waals surface area (Å²) in [7, 11) is 0. The van der Waals surface area contributed by atoms with Crippen molar-refractivity contribution in [2.24, 2.45) is 5.92 Å². The van der Waals surface area contributed by atoms with Crippen LogP contribution < -0.4 is 5.32 Å². The molecule has 18 heavy (non-hydrogen) atoms. The quantitative estimate of drug-likeness (QED) is 0.799. The van der Waals surface area contributed by atoms with E-state index < -0.39 is 0 Å². The number of nitrogens with one attached hydrogen (secondary N) is 1. The third-order valence-corrected chi connectivity index (χ3v) is 3.96. The second kappa shape index (κ2) is 5.34. The van der Waals surface area contributed by atoms with Gasteiger partial charge in [0.1, 0.15) is 5.75 Å². The number of carbonyl (C=O) groups excluding carboxylic acids is 1. The number of amides is 1. The lowest BCUT2D eigenvalue weighted by atomic mass is 9.97. The number of aliphatic hydroxyl groups is 1. The average Bonchev–Trinajstić information content (AvgIpc) is 2.67. The Morgan fingerprint density at radius 3 is 2.78 bits per heavy atom. The molecular weight excluding hydrogens is 277 g/mol. The van der Waals surface area contributed by atoms with E-state index >= 15 is 0 Å². The van der Waals surface area contributed by atoms with Crippen LogP contribution in [0.5, 0.6) is 5.75 Å². The zero-order chi connectivity index (χ0) is 13.3. The monoisotopic (exact) mass is 289 g/mol. The Bertz CT molecular complexity index is 479. The third kappa shape index (κ3) is 2.41. The summed E-state index contributed by atoms with van der Waals surface area (Å²) in [6.07, 6.45) is 0.897. The molecule has 2 unspecified atom stereocenters. The molecule has 1 fully saturated rings. The molecular formula is C12H13Cl2NO3. The van der Waals surface area contributed by atoms with Crippen molar-refractivity contribution >= 4 is 29.1 Å². The molecule has 1 amide bonds. The first-order valence-corrected chi connectivity index (χ1v) is 6.38. The summed E-state index contributed by atoms with van der Waals surface area (Å²) >= 11 is 12.0. The van der Waals surface area contributed by atoms with Crippen LogP contribution in [0, 0.1) is 5.92 Å². The molecule has 0 aromatic heterocycles. The topological polar surface area (TPSA) is 69.6 Å². The number of phenols is 1. The number of aromatic hydroxyl groups is 1. The first kappa shape index (κ1) is 13.5. The van der Waals surface area contributed by atoms with Gasteiger partial charge < -0.3 is 15.5 Å². The highest BCUT2D eigenvalue weighted by Crippen LogP contribution is 2.41. The largest absolute Gasteiger partial charge is 0.508 e. The van der Waals surface area contributed by atoms with Crippen LogP contribution in [-0.4, -0.2) is 22.7 Å². The van der Waals surface area contributed by atoms with Gasteiger partial charge in [0.05, 0.1) is 16.1 Å². The van der Waals surface area contributed by atoms with Crippen molar-refractivity contribution in [3.63, 3.8) is 0 Å². The van der Waals surface area contributed by atoms with Crippen molar-refractivity contribution in [3.05, 3.63) is 27.7 Å². The smallest absolute Gasteiger partial charge is 0.223 e. The number of halogens is 2. The van der Waals surface area contributed by atoms with Crippen LogP contribution in [0.2, 0.25) is 10.0 Å². The maximum atomic E-state index is 11.7. The number of hydrogen-bond acceptors (Lipinski definition) is 3. The highest BCUT2D eigenvalue weighted by Gasteiger charge is 2.35. The molecule has 98 valence electrons. The van der Waals surface area contributed by atoms with E-state index in [1.807, 2.05) is 0 Å². The summed E-state index contributed by atoms with van der Waals surface area (Å²) in [4.78, 5) is 11.7. The van der Waals surface area contributed by atoms with E-state index in [1.54, 1.807) is 0 Å². The van der Waals surface area contributed by atoms with Crippen LogP contribution in [0.15, 0.2) is 12.1 Å². The lowest BCUT2D eigenvalue weighted by Crippen LogP contribution is -2.22. The summed E-state index contributed by atoms with van der Waals surface area (Å²) in [6.45, 7) is -0.0416. The van der Waals surface area contributed by atoms with Gasteiger partial charge in [-0.25, -0.2) is 0 Å². The summed E-state index contributed by atoms with van der Waals surface area (Å²) < 4.78 is 0. The van der Waals surface area contributed by atoms with Crippen LogP contribution in [0.4, 0.5) is 0 Å². The van der Waals surface area contributed by atoms with Gasteiger partial charge in [0, 0.05) is 18.1 Å². The predicted molar refractivity (Wildman–Crippen MR) is 68.8 cm³/mol. The first-order valence-electron chi connectivity index (χ1n) is 5.62. The van der Waals surface area contributed by atoms with Gasteiger partial charge in [0.25, 0.3) is 0 Å². The molecule has 1 aromatic rings. The number of aliphatic hydroxyl groups excluding tert-OH is 1. The minimum Gasteiger partial charge on any atom is -0.508 e. The number of rotatable bonds is 3. The van der Waals surface area contributed by atoms with Crippen molar-refractivity contribution in [2.45, 2.75) is 18.9 Å². The van der Waals surface area contributed by atoms with Gasteiger partial charge >= 0.3 is 0 Å². The van der Waals surface area contributed by atoms with Gasteiger partial charge in [-0.2, -0.15) is 0 Å². The Labute approximate surface area is 115 Å². The summed E-state index contributed by atoms with van der Waals surface area (Å²) in [5, 5.41) is 22.1. The van der Waals surface area contributed by atoms with E-state index in [0.29, 0.717) is 23.4 Å². The van der Waals surface area contributed by atoms with E-state index in [-0.39, 0.29) is 35.2 Å². The standard InChI is InChI=1S/C12H13Cl2NO3/c13-7-1-2-9(17)10(11(7)14)8-5-6(3-4-16)12(18)15-8/h1-2,6,8,16-17H,3-5H2,(H,15,18). The van der Waals surface area contributed by atoms with E-state index in [0.717, 1.165) is 0 Å². The zero-order valence-electron chi connectivity index (χ0n) is 9.49. The van der Waals surface area contributed by atoms with Crippen LogP contribution >= 0.6 is 23.2 Å². The van der Waals surface area contributed by atoms with E-state index in [1.165, 1.54) is 12.1 Å². The zero-order valence-corrected chi connectivity index (χ0v) is 11.0. The van der Waals surface area contributed by atoms with Gasteiger partial charge in [-0.05, 0) is 25.0 Å². The molecule has 6 heteroatoms. The lowest BCUT2D eigenvalue weighted by Gasteiger charge is -2.15. The Kier molecular flexibility index (Phi) is 4.00. The second-order valence-electron chi connectivity index (χ2n) is 4.30. The molecule has 2 atom stereocenters. The predicted octanol–water partition coefficient (Wildman–Crippen LogP) is 2.26. The molecule has 4 nitrogen and oxygen atoms in total. The van der Waals surface area contributed by atoms with Gasteiger partial charge in [0.2, 0.25) is 5.91 Å². The van der Waals surface area contributed by atoms with E-state index in [2.05, 4.69) is 5.32 Å². The Balaban J connectivity index is 2.29. The van der Waals surface area contributed by atoms with Crippen LogP contribution in [0.3, 0.4) is 0 Å². The minimum absolute atomic E-state index is 0.0133. The maximum Gasteiger partial charge on any atom is 0.223 e.